The number of benzene rings is 1. The van der Waals surface area contributed by atoms with E-state index in [0.29, 0.717) is 12.1 Å². The molecule has 0 fully saturated rings. The summed E-state index contributed by atoms with van der Waals surface area (Å²) in [5.74, 6) is 1.62. The summed E-state index contributed by atoms with van der Waals surface area (Å²) >= 11 is 0. The van der Waals surface area contributed by atoms with Crippen LogP contribution in [0.25, 0.3) is 0 Å². The van der Waals surface area contributed by atoms with Crippen molar-refractivity contribution in [2.75, 3.05) is 0 Å². The van der Waals surface area contributed by atoms with Crippen LogP contribution in [0.15, 0.2) is 17.2 Å². The maximum absolute atomic E-state index is 13.3. The highest BCUT2D eigenvalue weighted by Crippen LogP contribution is 2.22. The Hall–Kier alpha value is -2.25. The van der Waals surface area contributed by atoms with Gasteiger partial charge in [0.25, 0.3) is 0 Å². The van der Waals surface area contributed by atoms with Crippen LogP contribution in [0.3, 0.4) is 0 Å². The van der Waals surface area contributed by atoms with E-state index < -0.39 is 33.6 Å². The SMILES string of the molecule is NN=C(N)c1c(F)ccc([N+](=O)[O-])c1F. The first kappa shape index (κ1) is 10.8. The van der Waals surface area contributed by atoms with Gasteiger partial charge in [0.15, 0.2) is 5.84 Å². The molecule has 0 spiro atoms. The third-order valence-corrected chi connectivity index (χ3v) is 1.66. The molecule has 0 aromatic heterocycles. The number of nitrogens with zero attached hydrogens (tertiary/aromatic N) is 2. The van der Waals surface area contributed by atoms with E-state index in [4.69, 9.17) is 11.6 Å². The first-order chi connectivity index (χ1) is 6.99. The number of hydrogen-bond donors (Lipinski definition) is 2. The molecule has 8 heteroatoms. The molecule has 0 atom stereocenters. The largest absolute Gasteiger partial charge is 0.382 e. The van der Waals surface area contributed by atoms with E-state index >= 15 is 0 Å². The minimum Gasteiger partial charge on any atom is -0.382 e. The molecule has 1 aromatic carbocycles. The van der Waals surface area contributed by atoms with Crippen LogP contribution < -0.4 is 11.6 Å². The van der Waals surface area contributed by atoms with Crippen molar-refractivity contribution < 1.29 is 13.7 Å². The highest BCUT2D eigenvalue weighted by atomic mass is 19.1. The van der Waals surface area contributed by atoms with Crippen LogP contribution in [-0.4, -0.2) is 10.8 Å². The van der Waals surface area contributed by atoms with Crippen LogP contribution in [0, 0.1) is 21.7 Å². The molecule has 0 amide bonds. The summed E-state index contributed by atoms with van der Waals surface area (Å²) in [5, 5.41) is 13.2. The molecule has 0 aliphatic carbocycles. The minimum absolute atomic E-state index is 0.645. The summed E-state index contributed by atoms with van der Waals surface area (Å²) in [6, 6.07) is 1.41. The topological polar surface area (TPSA) is 108 Å². The zero-order chi connectivity index (χ0) is 11.6. The Balaban J connectivity index is 3.50. The van der Waals surface area contributed by atoms with Crippen molar-refractivity contribution in [3.05, 3.63) is 39.4 Å². The number of nitro benzene ring substituents is 1. The lowest BCUT2D eigenvalue weighted by atomic mass is 10.1. The molecule has 0 heterocycles. The molecule has 0 radical (unpaired) electrons. The average Bonchev–Trinajstić information content (AvgIpc) is 2.16. The fraction of sp³-hybridized carbons (Fsp3) is 0. The number of nitrogens with two attached hydrogens (primary N) is 2. The maximum Gasteiger partial charge on any atom is 0.305 e. The Morgan fingerprint density at radius 3 is 2.53 bits per heavy atom. The van der Waals surface area contributed by atoms with Gasteiger partial charge in [0.1, 0.15) is 5.82 Å². The van der Waals surface area contributed by atoms with Crippen LogP contribution in [0.5, 0.6) is 0 Å². The van der Waals surface area contributed by atoms with Gasteiger partial charge in [-0.3, -0.25) is 10.1 Å². The minimum atomic E-state index is -1.40. The van der Waals surface area contributed by atoms with E-state index in [-0.39, 0.29) is 0 Å². The average molecular weight is 216 g/mol. The Labute approximate surface area is 82.3 Å². The summed E-state index contributed by atoms with van der Waals surface area (Å²) in [7, 11) is 0. The number of hydrazone groups is 1. The molecule has 0 aliphatic heterocycles. The second-order valence-electron chi connectivity index (χ2n) is 2.53. The lowest BCUT2D eigenvalue weighted by Crippen LogP contribution is -2.19. The number of hydrogen-bond acceptors (Lipinski definition) is 4. The van der Waals surface area contributed by atoms with Crippen molar-refractivity contribution in [2.45, 2.75) is 0 Å². The van der Waals surface area contributed by atoms with Crippen LogP contribution in [-0.2, 0) is 0 Å². The van der Waals surface area contributed by atoms with Gasteiger partial charge < -0.3 is 11.6 Å². The van der Waals surface area contributed by atoms with Gasteiger partial charge in [0.2, 0.25) is 5.82 Å². The van der Waals surface area contributed by atoms with Gasteiger partial charge in [-0.15, -0.1) is 0 Å². The van der Waals surface area contributed by atoms with Gasteiger partial charge in [0.05, 0.1) is 10.5 Å². The zero-order valence-electron chi connectivity index (χ0n) is 7.28. The van der Waals surface area contributed by atoms with Gasteiger partial charge in [0, 0.05) is 6.07 Å². The van der Waals surface area contributed by atoms with Crippen molar-refractivity contribution >= 4 is 11.5 Å². The Morgan fingerprint density at radius 2 is 2.07 bits per heavy atom. The molecule has 80 valence electrons. The second kappa shape index (κ2) is 3.86. The van der Waals surface area contributed by atoms with Gasteiger partial charge in [-0.1, -0.05) is 0 Å². The van der Waals surface area contributed by atoms with Crippen molar-refractivity contribution in [1.29, 1.82) is 0 Å². The quantitative estimate of drug-likeness (QED) is 0.246. The van der Waals surface area contributed by atoms with Crippen LogP contribution in [0.4, 0.5) is 14.5 Å². The number of nitro groups is 1. The monoisotopic (exact) mass is 216 g/mol. The molecule has 0 aliphatic rings. The maximum atomic E-state index is 13.3. The summed E-state index contributed by atoms with van der Waals surface area (Å²) in [4.78, 5) is 9.33. The second-order valence-corrected chi connectivity index (χ2v) is 2.53. The standard InChI is InChI=1S/C7H6F2N4O2/c8-3-1-2-4(13(14)15)6(9)5(3)7(10)12-11/h1-2H,11H2,(H2,10,12). The number of halogens is 2. The molecular formula is C7H6F2N4O2. The summed E-state index contributed by atoms with van der Waals surface area (Å²) < 4.78 is 26.4. The fourth-order valence-corrected chi connectivity index (χ4v) is 0.982. The smallest absolute Gasteiger partial charge is 0.305 e. The number of rotatable bonds is 2. The van der Waals surface area contributed by atoms with Gasteiger partial charge in [-0.25, -0.2) is 4.39 Å². The predicted molar refractivity (Wildman–Crippen MR) is 47.9 cm³/mol. The zero-order valence-corrected chi connectivity index (χ0v) is 7.28. The van der Waals surface area contributed by atoms with Crippen molar-refractivity contribution in [2.24, 2.45) is 16.7 Å². The molecular weight excluding hydrogens is 210 g/mol. The first-order valence-corrected chi connectivity index (χ1v) is 3.65. The molecule has 15 heavy (non-hydrogen) atoms. The van der Waals surface area contributed by atoms with Crippen LogP contribution in [0.2, 0.25) is 0 Å². The molecule has 6 nitrogen and oxygen atoms in total. The molecule has 1 aromatic rings. The van der Waals surface area contributed by atoms with E-state index in [1.807, 2.05) is 0 Å². The molecule has 0 unspecified atom stereocenters. The van der Waals surface area contributed by atoms with Gasteiger partial charge in [-0.05, 0) is 6.07 Å². The fourth-order valence-electron chi connectivity index (χ4n) is 0.982. The van der Waals surface area contributed by atoms with Crippen LogP contribution >= 0.6 is 0 Å². The normalized spacial score (nSPS) is 11.5. The lowest BCUT2D eigenvalue weighted by molar-refractivity contribution is -0.387. The Bertz CT molecular complexity index is 447. The van der Waals surface area contributed by atoms with Crippen molar-refractivity contribution in [3.8, 4) is 0 Å². The van der Waals surface area contributed by atoms with E-state index in [9.17, 15) is 18.9 Å². The van der Waals surface area contributed by atoms with Gasteiger partial charge >= 0.3 is 5.69 Å². The highest BCUT2D eigenvalue weighted by molar-refractivity contribution is 5.98. The van der Waals surface area contributed by atoms with E-state index in [0.717, 1.165) is 0 Å². The first-order valence-electron chi connectivity index (χ1n) is 3.65. The molecule has 4 N–H and O–H groups in total. The highest BCUT2D eigenvalue weighted by Gasteiger charge is 2.23. The molecule has 0 bridgehead atoms. The summed E-state index contributed by atoms with van der Waals surface area (Å²) in [6.07, 6.45) is 0. The van der Waals surface area contributed by atoms with E-state index in [1.165, 1.54) is 0 Å². The van der Waals surface area contributed by atoms with Crippen LogP contribution in [0.1, 0.15) is 5.56 Å². The Morgan fingerprint density at radius 1 is 1.47 bits per heavy atom. The summed E-state index contributed by atoms with van der Waals surface area (Å²) in [6.45, 7) is 0. The van der Waals surface area contributed by atoms with Gasteiger partial charge in [-0.2, -0.15) is 9.49 Å². The third-order valence-electron chi connectivity index (χ3n) is 1.66. The van der Waals surface area contributed by atoms with Crippen molar-refractivity contribution in [3.63, 3.8) is 0 Å². The number of amidine groups is 1. The molecule has 0 saturated carbocycles. The van der Waals surface area contributed by atoms with Crippen molar-refractivity contribution in [1.82, 2.24) is 0 Å². The van der Waals surface area contributed by atoms with E-state index in [1.54, 1.807) is 0 Å². The summed E-state index contributed by atoms with van der Waals surface area (Å²) in [5.41, 5.74) is 3.40. The molecule has 1 rings (SSSR count). The lowest BCUT2D eigenvalue weighted by Gasteiger charge is -2.03. The molecule has 0 saturated heterocycles. The Kier molecular flexibility index (Phi) is 2.79. The third kappa shape index (κ3) is 1.82. The predicted octanol–water partition coefficient (Wildman–Crippen LogP) is 0.452. The van der Waals surface area contributed by atoms with E-state index in [2.05, 4.69) is 5.10 Å².